The third-order valence-corrected chi connectivity index (χ3v) is 2.09. The van der Waals surface area contributed by atoms with Crippen molar-refractivity contribution in [2.75, 3.05) is 14.2 Å². The molecule has 0 aliphatic heterocycles. The van der Waals surface area contributed by atoms with Crippen molar-refractivity contribution in [1.29, 1.82) is 0 Å². The number of hydrogen-bond acceptors (Lipinski definition) is 6. The summed E-state index contributed by atoms with van der Waals surface area (Å²) in [6.07, 6.45) is 0.980. The lowest BCUT2D eigenvalue weighted by atomic mass is 10.1. The topological polar surface area (TPSA) is 88.5 Å². The summed E-state index contributed by atoms with van der Waals surface area (Å²) in [4.78, 5) is 26.3. The molecule has 0 aliphatic rings. The molecular weight excluding hydrogens is 231 g/mol. The quantitative estimate of drug-likeness (QED) is 0.434. The van der Waals surface area contributed by atoms with Crippen LogP contribution in [0.15, 0.2) is 12.3 Å². The minimum Gasteiger partial charge on any atom is -0.491 e. The molecule has 2 N–H and O–H groups in total. The van der Waals surface area contributed by atoms with Crippen molar-refractivity contribution in [3.63, 3.8) is 0 Å². The van der Waals surface area contributed by atoms with Crippen LogP contribution >= 0.6 is 0 Å². The Bertz CT molecular complexity index is 450. The van der Waals surface area contributed by atoms with Gasteiger partial charge in [0.15, 0.2) is 17.6 Å². The van der Waals surface area contributed by atoms with Crippen LogP contribution in [0.3, 0.4) is 0 Å². The second-order valence-corrected chi connectivity index (χ2v) is 3.14. The highest BCUT2D eigenvalue weighted by Crippen LogP contribution is 2.13. The molecule has 6 nitrogen and oxygen atoms in total. The Morgan fingerprint density at radius 2 is 2.24 bits per heavy atom. The fourth-order valence-electron chi connectivity index (χ4n) is 1.21. The van der Waals surface area contributed by atoms with Gasteiger partial charge in [0, 0.05) is 11.8 Å². The summed E-state index contributed by atoms with van der Waals surface area (Å²) in [7, 11) is 2.53. The number of methoxy groups -OCH3 is 1. The van der Waals surface area contributed by atoms with Gasteiger partial charge in [0.1, 0.15) is 0 Å². The van der Waals surface area contributed by atoms with Crippen molar-refractivity contribution < 1.29 is 23.8 Å². The number of likely N-dealkylation sites (N-methyl/N-ethyl adjacent to an activating group) is 1. The Kier molecular flexibility index (Phi) is 4.11. The standard InChI is InChI=1S/C10H11FN2O4/c1-12-7(10(16)17-2)8(14)5-3-6(11)9(15)13-4-5/h3-4,7,12H,1-2H3,(H,13,15). The average Bonchev–Trinajstić information content (AvgIpc) is 2.33. The van der Waals surface area contributed by atoms with Gasteiger partial charge in [0.2, 0.25) is 5.88 Å². The molecule has 0 aromatic carbocycles. The highest BCUT2D eigenvalue weighted by molar-refractivity contribution is 6.11. The molecule has 1 heterocycles. The van der Waals surface area contributed by atoms with E-state index in [1.807, 2.05) is 0 Å². The molecule has 0 saturated carbocycles. The fraction of sp³-hybridized carbons (Fsp3) is 0.300. The summed E-state index contributed by atoms with van der Waals surface area (Å²) in [6, 6.07) is -0.427. The smallest absolute Gasteiger partial charge is 0.331 e. The Labute approximate surface area is 96.4 Å². The van der Waals surface area contributed by atoms with E-state index in [1.54, 1.807) is 0 Å². The van der Waals surface area contributed by atoms with E-state index in [0.29, 0.717) is 0 Å². The van der Waals surface area contributed by atoms with Crippen LogP contribution in [0.1, 0.15) is 10.4 Å². The molecule has 0 amide bonds. The van der Waals surface area contributed by atoms with Gasteiger partial charge in [-0.2, -0.15) is 0 Å². The number of nitrogens with one attached hydrogen (secondary N) is 1. The van der Waals surface area contributed by atoms with Crippen LogP contribution in [0.25, 0.3) is 0 Å². The Hall–Kier alpha value is -2.02. The average molecular weight is 242 g/mol. The number of esters is 1. The molecule has 17 heavy (non-hydrogen) atoms. The summed E-state index contributed by atoms with van der Waals surface area (Å²) in [5.41, 5.74) is -0.134. The first-order valence-corrected chi connectivity index (χ1v) is 4.65. The van der Waals surface area contributed by atoms with Gasteiger partial charge in [0.05, 0.1) is 7.11 Å². The van der Waals surface area contributed by atoms with Gasteiger partial charge in [-0.15, -0.1) is 0 Å². The number of ether oxygens (including phenoxy) is 1. The number of pyridine rings is 1. The highest BCUT2D eigenvalue weighted by atomic mass is 19.1. The minimum atomic E-state index is -1.23. The van der Waals surface area contributed by atoms with Crippen LogP contribution in [0.5, 0.6) is 5.88 Å². The summed E-state index contributed by atoms with van der Waals surface area (Å²) in [5.74, 6) is -3.31. The van der Waals surface area contributed by atoms with Crippen LogP contribution < -0.4 is 5.32 Å². The normalized spacial score (nSPS) is 11.9. The number of Topliss-reactive ketones (excluding diaryl/α,β-unsaturated/α-hetero) is 1. The highest BCUT2D eigenvalue weighted by Gasteiger charge is 2.27. The number of halogens is 1. The van der Waals surface area contributed by atoms with Gasteiger partial charge in [-0.3, -0.25) is 4.79 Å². The first-order valence-electron chi connectivity index (χ1n) is 4.65. The molecular formula is C10H11FN2O4. The summed E-state index contributed by atoms with van der Waals surface area (Å²) in [6.45, 7) is 0. The monoisotopic (exact) mass is 242 g/mol. The maximum absolute atomic E-state index is 13.0. The van der Waals surface area contributed by atoms with Crippen molar-refractivity contribution in [3.8, 4) is 5.88 Å². The first-order chi connectivity index (χ1) is 8.01. The van der Waals surface area contributed by atoms with Gasteiger partial charge < -0.3 is 15.2 Å². The Balaban J connectivity index is 3.02. The van der Waals surface area contributed by atoms with E-state index >= 15 is 0 Å². The van der Waals surface area contributed by atoms with E-state index in [-0.39, 0.29) is 5.56 Å². The number of hydrogen-bond donors (Lipinski definition) is 2. The largest absolute Gasteiger partial charge is 0.491 e. The van der Waals surface area contributed by atoms with Gasteiger partial charge in [-0.1, -0.05) is 0 Å². The van der Waals surface area contributed by atoms with E-state index < -0.39 is 29.5 Å². The molecule has 1 aromatic rings. The van der Waals surface area contributed by atoms with Crippen molar-refractivity contribution in [2.45, 2.75) is 6.04 Å². The van der Waals surface area contributed by atoms with E-state index in [4.69, 9.17) is 5.11 Å². The predicted molar refractivity (Wildman–Crippen MR) is 55.1 cm³/mol. The molecule has 0 fully saturated rings. The van der Waals surface area contributed by atoms with Crippen LogP contribution in [0.4, 0.5) is 4.39 Å². The van der Waals surface area contributed by atoms with E-state index in [2.05, 4.69) is 15.0 Å². The second-order valence-electron chi connectivity index (χ2n) is 3.14. The SMILES string of the molecule is CNC(C(=O)OC)C(=O)c1cnc(O)c(F)c1. The number of aromatic nitrogens is 1. The van der Waals surface area contributed by atoms with Crippen molar-refractivity contribution in [2.24, 2.45) is 0 Å². The molecule has 0 bridgehead atoms. The lowest BCUT2D eigenvalue weighted by Gasteiger charge is -2.12. The Morgan fingerprint density at radius 3 is 2.71 bits per heavy atom. The zero-order valence-electron chi connectivity index (χ0n) is 9.23. The minimum absolute atomic E-state index is 0.134. The number of carbonyl (C=O) groups excluding carboxylic acids is 2. The predicted octanol–water partition coefficient (Wildman–Crippen LogP) is -0.130. The fourth-order valence-corrected chi connectivity index (χ4v) is 1.21. The summed E-state index contributed by atoms with van der Waals surface area (Å²) >= 11 is 0. The summed E-state index contributed by atoms with van der Waals surface area (Å²) in [5, 5.41) is 11.3. The molecule has 1 aromatic heterocycles. The number of ketones is 1. The maximum Gasteiger partial charge on any atom is 0.331 e. The number of aromatic hydroxyl groups is 1. The Morgan fingerprint density at radius 1 is 1.59 bits per heavy atom. The van der Waals surface area contributed by atoms with Gasteiger partial charge in [-0.25, -0.2) is 14.2 Å². The van der Waals surface area contributed by atoms with Gasteiger partial charge >= 0.3 is 5.97 Å². The van der Waals surface area contributed by atoms with Gasteiger partial charge in [-0.05, 0) is 13.1 Å². The second kappa shape index (κ2) is 5.35. The summed E-state index contributed by atoms with van der Waals surface area (Å²) < 4.78 is 17.4. The molecule has 92 valence electrons. The third kappa shape index (κ3) is 2.76. The van der Waals surface area contributed by atoms with E-state index in [1.165, 1.54) is 7.05 Å². The van der Waals surface area contributed by atoms with Gasteiger partial charge in [0.25, 0.3) is 0 Å². The van der Waals surface area contributed by atoms with Crippen LogP contribution in [-0.4, -0.2) is 42.0 Å². The van der Waals surface area contributed by atoms with E-state index in [9.17, 15) is 14.0 Å². The molecule has 0 aliphatic carbocycles. The molecule has 1 rings (SSSR count). The third-order valence-electron chi connectivity index (χ3n) is 2.09. The van der Waals surface area contributed by atoms with Crippen LogP contribution in [-0.2, 0) is 9.53 Å². The lowest BCUT2D eigenvalue weighted by Crippen LogP contribution is -2.42. The molecule has 0 radical (unpaired) electrons. The van der Waals surface area contributed by atoms with Crippen LogP contribution in [0, 0.1) is 5.82 Å². The van der Waals surface area contributed by atoms with E-state index in [0.717, 1.165) is 19.4 Å². The van der Waals surface area contributed by atoms with Crippen LogP contribution in [0.2, 0.25) is 0 Å². The van der Waals surface area contributed by atoms with Crippen molar-refractivity contribution >= 4 is 11.8 Å². The maximum atomic E-state index is 13.0. The van der Waals surface area contributed by atoms with Crippen molar-refractivity contribution in [1.82, 2.24) is 10.3 Å². The number of carbonyl (C=O) groups is 2. The lowest BCUT2D eigenvalue weighted by molar-refractivity contribution is -0.141. The number of rotatable bonds is 4. The molecule has 1 unspecified atom stereocenters. The molecule has 0 spiro atoms. The molecule has 1 atom stereocenters. The molecule has 7 heteroatoms. The first kappa shape index (κ1) is 13.0. The zero-order chi connectivity index (χ0) is 13.0. The molecule has 0 saturated heterocycles. The van der Waals surface area contributed by atoms with Crippen molar-refractivity contribution in [3.05, 3.63) is 23.6 Å². The number of nitrogens with zero attached hydrogens (tertiary/aromatic N) is 1. The zero-order valence-corrected chi connectivity index (χ0v) is 9.23.